The van der Waals surface area contributed by atoms with Crippen molar-refractivity contribution in [2.24, 2.45) is 0 Å². The lowest BCUT2D eigenvalue weighted by molar-refractivity contribution is 1.17. The lowest BCUT2D eigenvalue weighted by atomic mass is 10.0. The molecule has 0 amide bonds. The minimum atomic E-state index is 0.586. The average Bonchev–Trinajstić information content (AvgIpc) is 3.81. The fraction of sp³-hybridized carbons (Fsp3) is 0. The van der Waals surface area contributed by atoms with Crippen molar-refractivity contribution in [1.82, 2.24) is 13.7 Å². The maximum Gasteiger partial charge on any atom is 0.101 e. The van der Waals surface area contributed by atoms with Gasteiger partial charge < -0.3 is 13.7 Å². The monoisotopic (exact) mass is 623 g/mol. The Morgan fingerprint density at radius 1 is 0.367 bits per heavy atom. The van der Waals surface area contributed by atoms with E-state index in [2.05, 4.69) is 135 Å². The second-order valence-electron chi connectivity index (χ2n) is 12.4. The third kappa shape index (κ3) is 3.67. The van der Waals surface area contributed by atoms with E-state index in [-0.39, 0.29) is 0 Å². The molecule has 10 aromatic rings. The Balaban J connectivity index is 1.52. The quantitative estimate of drug-likeness (QED) is 0.197. The van der Waals surface area contributed by atoms with E-state index in [1.807, 2.05) is 42.5 Å². The van der Waals surface area contributed by atoms with E-state index in [1.54, 1.807) is 0 Å². The summed E-state index contributed by atoms with van der Waals surface area (Å²) in [5.41, 5.74) is 10.3. The highest BCUT2D eigenvalue weighted by Gasteiger charge is 2.26. The molecule has 226 valence electrons. The zero-order valence-electron chi connectivity index (χ0n) is 26.2. The van der Waals surface area contributed by atoms with Crippen LogP contribution in [0.4, 0.5) is 0 Å². The average molecular weight is 624 g/mol. The highest BCUT2D eigenvalue weighted by Crippen LogP contribution is 2.47. The van der Waals surface area contributed by atoms with Crippen LogP contribution < -0.4 is 0 Å². The first-order chi connectivity index (χ1) is 24.3. The molecule has 0 spiro atoms. The maximum atomic E-state index is 10.8. The molecule has 0 radical (unpaired) electrons. The number of nitrogens with zero attached hydrogens (tertiary/aromatic N) is 5. The zero-order valence-corrected chi connectivity index (χ0v) is 26.2. The van der Waals surface area contributed by atoms with Gasteiger partial charge in [0.15, 0.2) is 0 Å². The molecule has 0 aliphatic rings. The molecule has 0 aliphatic carbocycles. The van der Waals surface area contributed by atoms with E-state index in [0.29, 0.717) is 11.1 Å². The summed E-state index contributed by atoms with van der Waals surface area (Å²) in [4.78, 5) is 0. The van der Waals surface area contributed by atoms with Crippen molar-refractivity contribution in [3.8, 4) is 29.2 Å². The molecule has 0 saturated heterocycles. The van der Waals surface area contributed by atoms with E-state index in [9.17, 15) is 10.5 Å². The third-order valence-electron chi connectivity index (χ3n) is 9.84. The summed E-state index contributed by atoms with van der Waals surface area (Å²) in [6.07, 6.45) is 0. The van der Waals surface area contributed by atoms with Crippen LogP contribution in [0.3, 0.4) is 0 Å². The molecule has 0 unspecified atom stereocenters. The maximum absolute atomic E-state index is 10.8. The number of rotatable bonds is 3. The van der Waals surface area contributed by atoms with Crippen LogP contribution in [0, 0.1) is 22.7 Å². The van der Waals surface area contributed by atoms with Gasteiger partial charge in [-0.3, -0.25) is 0 Å². The van der Waals surface area contributed by atoms with Crippen molar-refractivity contribution in [2.45, 2.75) is 0 Å². The summed E-state index contributed by atoms with van der Waals surface area (Å²) in [5.74, 6) is 0. The van der Waals surface area contributed by atoms with Crippen LogP contribution in [0.2, 0.25) is 0 Å². The number of benzene rings is 7. The van der Waals surface area contributed by atoms with E-state index < -0.39 is 0 Å². The van der Waals surface area contributed by atoms with Gasteiger partial charge in [-0.15, -0.1) is 0 Å². The Labute approximate surface area is 280 Å². The van der Waals surface area contributed by atoms with Gasteiger partial charge in [0.25, 0.3) is 0 Å². The van der Waals surface area contributed by atoms with Gasteiger partial charge in [-0.05, 0) is 66.7 Å². The van der Waals surface area contributed by atoms with Gasteiger partial charge in [0.1, 0.15) is 6.07 Å². The molecule has 3 aromatic heterocycles. The van der Waals surface area contributed by atoms with Gasteiger partial charge in [0.05, 0.1) is 50.3 Å². The van der Waals surface area contributed by atoms with Crippen LogP contribution in [-0.4, -0.2) is 13.7 Å². The summed E-state index contributed by atoms with van der Waals surface area (Å²) < 4.78 is 6.88. The molecule has 0 atom stereocenters. The van der Waals surface area contributed by atoms with Crippen molar-refractivity contribution in [3.05, 3.63) is 163 Å². The van der Waals surface area contributed by atoms with Crippen molar-refractivity contribution in [1.29, 1.82) is 10.5 Å². The molecule has 0 bridgehead atoms. The molecular formula is C44H25N5. The Kier molecular flexibility index (Phi) is 5.64. The fourth-order valence-corrected chi connectivity index (χ4v) is 7.95. The molecule has 0 saturated carbocycles. The molecular weight excluding hydrogens is 599 g/mol. The number of hydrogen-bond donors (Lipinski definition) is 0. The third-order valence-corrected chi connectivity index (χ3v) is 9.84. The zero-order chi connectivity index (χ0) is 32.6. The summed E-state index contributed by atoms with van der Waals surface area (Å²) in [7, 11) is 0. The fourth-order valence-electron chi connectivity index (χ4n) is 7.95. The molecule has 0 N–H and O–H groups in total. The SMILES string of the molecule is N#Cc1cccc(-n2c3c(ccc4c3c3ccccc3n4-c3ccccc3)c3cc(C#N)c4c(c5ccccc5n4-c4ccccc4)c32)c1. The van der Waals surface area contributed by atoms with Gasteiger partial charge in [-0.2, -0.15) is 10.5 Å². The number of nitriles is 2. The summed E-state index contributed by atoms with van der Waals surface area (Å²) in [5, 5.41) is 27.2. The lowest BCUT2D eigenvalue weighted by Crippen LogP contribution is -1.98. The Morgan fingerprint density at radius 3 is 1.65 bits per heavy atom. The highest BCUT2D eigenvalue weighted by atomic mass is 15.0. The number of para-hydroxylation sites is 4. The van der Waals surface area contributed by atoms with E-state index in [0.717, 1.165) is 82.5 Å². The topological polar surface area (TPSA) is 62.4 Å². The molecule has 3 heterocycles. The van der Waals surface area contributed by atoms with Crippen LogP contribution in [-0.2, 0) is 0 Å². The van der Waals surface area contributed by atoms with Gasteiger partial charge in [-0.25, -0.2) is 0 Å². The van der Waals surface area contributed by atoms with E-state index in [4.69, 9.17) is 0 Å². The van der Waals surface area contributed by atoms with Crippen molar-refractivity contribution in [3.63, 3.8) is 0 Å². The molecule has 10 rings (SSSR count). The first kappa shape index (κ1) is 27.1. The molecule has 5 heteroatoms. The highest BCUT2D eigenvalue weighted by molar-refractivity contribution is 6.32. The first-order valence-electron chi connectivity index (χ1n) is 16.2. The Morgan fingerprint density at radius 2 is 0.959 bits per heavy atom. The molecule has 5 nitrogen and oxygen atoms in total. The van der Waals surface area contributed by atoms with Gasteiger partial charge >= 0.3 is 0 Å². The lowest BCUT2D eigenvalue weighted by Gasteiger charge is -2.12. The largest absolute Gasteiger partial charge is 0.309 e. The second-order valence-corrected chi connectivity index (χ2v) is 12.4. The predicted octanol–water partition coefficient (Wildman–Crippen LogP) is 10.7. The van der Waals surface area contributed by atoms with Crippen molar-refractivity contribution >= 4 is 65.4 Å². The number of hydrogen-bond acceptors (Lipinski definition) is 2. The molecule has 7 aromatic carbocycles. The van der Waals surface area contributed by atoms with Crippen LogP contribution in [0.25, 0.3) is 82.5 Å². The second kappa shape index (κ2) is 10.2. The standard InChI is InChI=1S/C44H25N5/c45-26-28-12-11-17-32(24-28)49-43-33(22-23-39-40(43)34-18-7-9-20-37(34)47(39)30-13-3-1-4-14-30)36-25-29(27-46)42-41(44(36)49)35-19-8-10-21-38(35)48(42)31-15-5-2-6-16-31/h1-25H. The normalized spacial score (nSPS) is 11.6. The number of aromatic nitrogens is 3. The van der Waals surface area contributed by atoms with E-state index in [1.165, 1.54) is 0 Å². The summed E-state index contributed by atoms with van der Waals surface area (Å²) in [6, 6.07) is 56.9. The molecule has 0 aliphatic heterocycles. The minimum absolute atomic E-state index is 0.586. The molecule has 49 heavy (non-hydrogen) atoms. The number of fused-ring (bicyclic) bond motifs is 11. The Bertz CT molecular complexity index is 3050. The van der Waals surface area contributed by atoms with Crippen LogP contribution in [0.15, 0.2) is 152 Å². The first-order valence-corrected chi connectivity index (χ1v) is 16.2. The Hall–Kier alpha value is -7.08. The van der Waals surface area contributed by atoms with Gasteiger partial charge in [0, 0.05) is 49.4 Å². The molecule has 0 fully saturated rings. The van der Waals surface area contributed by atoms with Crippen molar-refractivity contribution in [2.75, 3.05) is 0 Å². The van der Waals surface area contributed by atoms with Gasteiger partial charge in [-0.1, -0.05) is 84.9 Å². The van der Waals surface area contributed by atoms with Crippen LogP contribution in [0.1, 0.15) is 11.1 Å². The van der Waals surface area contributed by atoms with E-state index >= 15 is 0 Å². The summed E-state index contributed by atoms with van der Waals surface area (Å²) in [6.45, 7) is 0. The van der Waals surface area contributed by atoms with Crippen LogP contribution >= 0.6 is 0 Å². The predicted molar refractivity (Wildman–Crippen MR) is 199 cm³/mol. The smallest absolute Gasteiger partial charge is 0.101 e. The van der Waals surface area contributed by atoms with Crippen molar-refractivity contribution < 1.29 is 0 Å². The van der Waals surface area contributed by atoms with Crippen LogP contribution in [0.5, 0.6) is 0 Å². The summed E-state index contributed by atoms with van der Waals surface area (Å²) >= 11 is 0. The minimum Gasteiger partial charge on any atom is -0.309 e. The van der Waals surface area contributed by atoms with Gasteiger partial charge in [0.2, 0.25) is 0 Å².